The lowest BCUT2D eigenvalue weighted by Gasteiger charge is -2.38. The summed E-state index contributed by atoms with van der Waals surface area (Å²) in [6.45, 7) is 0.816. The predicted molar refractivity (Wildman–Crippen MR) is 67.8 cm³/mol. The smallest absolute Gasteiger partial charge is 0.125 e. The van der Waals surface area contributed by atoms with Gasteiger partial charge in [0.25, 0.3) is 0 Å². The highest BCUT2D eigenvalue weighted by molar-refractivity contribution is 9.10. The molecule has 0 saturated heterocycles. The third-order valence-electron chi connectivity index (χ3n) is 3.72. The number of hydrogen-bond donors (Lipinski definition) is 1. The van der Waals surface area contributed by atoms with Crippen LogP contribution in [0, 0.1) is 0 Å². The van der Waals surface area contributed by atoms with E-state index in [-0.39, 0.29) is 5.54 Å². The average molecular weight is 282 g/mol. The molecule has 1 aromatic rings. The largest absolute Gasteiger partial charge is 0.493 e. The van der Waals surface area contributed by atoms with Crippen molar-refractivity contribution in [2.24, 2.45) is 5.73 Å². The molecule has 0 spiro atoms. The van der Waals surface area contributed by atoms with Gasteiger partial charge in [-0.15, -0.1) is 0 Å². The summed E-state index contributed by atoms with van der Waals surface area (Å²) < 4.78 is 6.87. The molecule has 1 heterocycles. The second kappa shape index (κ2) is 3.74. The SMILES string of the molecule is NC1(Cc2cc(Br)cc3c2OCC3)CCC1. The predicted octanol–water partition coefficient (Wildman–Crippen LogP) is 2.81. The fourth-order valence-electron chi connectivity index (χ4n) is 2.66. The highest BCUT2D eigenvalue weighted by Gasteiger charge is 2.34. The van der Waals surface area contributed by atoms with Gasteiger partial charge >= 0.3 is 0 Å². The molecule has 86 valence electrons. The maximum absolute atomic E-state index is 6.31. The average Bonchev–Trinajstić information content (AvgIpc) is 2.63. The van der Waals surface area contributed by atoms with E-state index in [2.05, 4.69) is 28.1 Å². The van der Waals surface area contributed by atoms with Crippen molar-refractivity contribution in [2.45, 2.75) is 37.6 Å². The van der Waals surface area contributed by atoms with E-state index in [0.717, 1.165) is 42.5 Å². The van der Waals surface area contributed by atoms with Gasteiger partial charge in [0, 0.05) is 16.4 Å². The third kappa shape index (κ3) is 1.76. The summed E-state index contributed by atoms with van der Waals surface area (Å²) in [7, 11) is 0. The number of halogens is 1. The molecule has 0 amide bonds. The van der Waals surface area contributed by atoms with Gasteiger partial charge in [-0.25, -0.2) is 0 Å². The molecule has 1 aliphatic heterocycles. The Bertz CT molecular complexity index is 426. The number of benzene rings is 1. The second-order valence-electron chi connectivity index (χ2n) is 5.04. The van der Waals surface area contributed by atoms with Crippen LogP contribution in [-0.4, -0.2) is 12.1 Å². The Labute approximate surface area is 104 Å². The van der Waals surface area contributed by atoms with Crippen LogP contribution in [0.5, 0.6) is 5.75 Å². The second-order valence-corrected chi connectivity index (χ2v) is 5.96. The first-order chi connectivity index (χ1) is 7.66. The molecule has 1 aliphatic carbocycles. The van der Waals surface area contributed by atoms with Gasteiger partial charge in [-0.1, -0.05) is 15.9 Å². The van der Waals surface area contributed by atoms with Gasteiger partial charge in [0.2, 0.25) is 0 Å². The fourth-order valence-corrected chi connectivity index (χ4v) is 3.22. The van der Waals surface area contributed by atoms with Crippen molar-refractivity contribution in [3.8, 4) is 5.75 Å². The Morgan fingerprint density at radius 3 is 2.88 bits per heavy atom. The van der Waals surface area contributed by atoms with Gasteiger partial charge in [-0.2, -0.15) is 0 Å². The minimum absolute atomic E-state index is 0.0283. The Morgan fingerprint density at radius 2 is 2.19 bits per heavy atom. The number of rotatable bonds is 2. The minimum Gasteiger partial charge on any atom is -0.493 e. The van der Waals surface area contributed by atoms with Crippen molar-refractivity contribution in [1.29, 1.82) is 0 Å². The van der Waals surface area contributed by atoms with Crippen molar-refractivity contribution in [3.05, 3.63) is 27.7 Å². The highest BCUT2D eigenvalue weighted by Crippen LogP contribution is 2.39. The zero-order valence-corrected chi connectivity index (χ0v) is 10.8. The number of ether oxygens (including phenoxy) is 1. The molecular weight excluding hydrogens is 266 g/mol. The van der Waals surface area contributed by atoms with E-state index < -0.39 is 0 Å². The molecule has 1 aromatic carbocycles. The van der Waals surface area contributed by atoms with Crippen LogP contribution in [0.15, 0.2) is 16.6 Å². The zero-order valence-electron chi connectivity index (χ0n) is 9.26. The van der Waals surface area contributed by atoms with Crippen LogP contribution < -0.4 is 10.5 Å². The van der Waals surface area contributed by atoms with E-state index in [1.165, 1.54) is 17.5 Å². The summed E-state index contributed by atoms with van der Waals surface area (Å²) in [6, 6.07) is 4.33. The Kier molecular flexibility index (Phi) is 2.48. The molecule has 2 N–H and O–H groups in total. The molecule has 2 nitrogen and oxygen atoms in total. The van der Waals surface area contributed by atoms with Crippen molar-refractivity contribution in [1.82, 2.24) is 0 Å². The van der Waals surface area contributed by atoms with Crippen LogP contribution in [0.4, 0.5) is 0 Å². The fraction of sp³-hybridized carbons (Fsp3) is 0.538. The molecule has 0 aromatic heterocycles. The quantitative estimate of drug-likeness (QED) is 0.905. The summed E-state index contributed by atoms with van der Waals surface area (Å²) in [6.07, 6.45) is 5.55. The van der Waals surface area contributed by atoms with E-state index in [1.807, 2.05) is 0 Å². The first-order valence-electron chi connectivity index (χ1n) is 5.89. The van der Waals surface area contributed by atoms with Gasteiger partial charge in [0.05, 0.1) is 6.61 Å². The summed E-state index contributed by atoms with van der Waals surface area (Å²) in [5.74, 6) is 1.10. The van der Waals surface area contributed by atoms with Gasteiger partial charge in [0.1, 0.15) is 5.75 Å². The first-order valence-corrected chi connectivity index (χ1v) is 6.69. The topological polar surface area (TPSA) is 35.2 Å². The summed E-state index contributed by atoms with van der Waals surface area (Å²) in [4.78, 5) is 0. The van der Waals surface area contributed by atoms with E-state index >= 15 is 0 Å². The van der Waals surface area contributed by atoms with E-state index in [4.69, 9.17) is 10.5 Å². The van der Waals surface area contributed by atoms with Crippen molar-refractivity contribution >= 4 is 15.9 Å². The van der Waals surface area contributed by atoms with Crippen molar-refractivity contribution < 1.29 is 4.74 Å². The minimum atomic E-state index is 0.0283. The highest BCUT2D eigenvalue weighted by atomic mass is 79.9. The lowest BCUT2D eigenvalue weighted by atomic mass is 9.73. The zero-order chi connectivity index (χ0) is 11.2. The summed E-state index contributed by atoms with van der Waals surface area (Å²) in [5, 5.41) is 0. The maximum atomic E-state index is 6.31. The number of hydrogen-bond acceptors (Lipinski definition) is 2. The van der Waals surface area contributed by atoms with E-state index in [1.54, 1.807) is 0 Å². The molecule has 0 bridgehead atoms. The van der Waals surface area contributed by atoms with Crippen LogP contribution in [0.1, 0.15) is 30.4 Å². The Morgan fingerprint density at radius 1 is 1.38 bits per heavy atom. The standard InChI is InChI=1S/C13H16BrNO/c14-11-6-9-2-5-16-12(9)10(7-11)8-13(15)3-1-4-13/h6-7H,1-5,8,15H2. The molecule has 1 fully saturated rings. The maximum Gasteiger partial charge on any atom is 0.125 e. The molecular formula is C13H16BrNO. The first kappa shape index (κ1) is 10.6. The van der Waals surface area contributed by atoms with Gasteiger partial charge < -0.3 is 10.5 Å². The lowest BCUT2D eigenvalue weighted by Crippen LogP contribution is -2.48. The van der Waals surface area contributed by atoms with Gasteiger partial charge in [0.15, 0.2) is 0 Å². The molecule has 1 saturated carbocycles. The lowest BCUT2D eigenvalue weighted by molar-refractivity contribution is 0.244. The Balaban J connectivity index is 1.94. The Hall–Kier alpha value is -0.540. The van der Waals surface area contributed by atoms with Crippen molar-refractivity contribution in [2.75, 3.05) is 6.61 Å². The summed E-state index contributed by atoms with van der Waals surface area (Å²) >= 11 is 3.57. The van der Waals surface area contributed by atoms with E-state index in [0.29, 0.717) is 0 Å². The van der Waals surface area contributed by atoms with Crippen LogP contribution in [0.25, 0.3) is 0 Å². The number of fused-ring (bicyclic) bond motifs is 1. The molecule has 0 atom stereocenters. The van der Waals surface area contributed by atoms with E-state index in [9.17, 15) is 0 Å². The normalized spacial score (nSPS) is 21.1. The number of nitrogens with two attached hydrogens (primary N) is 1. The van der Waals surface area contributed by atoms with Gasteiger partial charge in [-0.05, 0) is 48.9 Å². The molecule has 0 unspecified atom stereocenters. The molecule has 2 aliphatic rings. The van der Waals surface area contributed by atoms with Crippen LogP contribution >= 0.6 is 15.9 Å². The summed E-state index contributed by atoms with van der Waals surface area (Å²) in [5.41, 5.74) is 8.94. The van der Waals surface area contributed by atoms with Crippen LogP contribution in [0.3, 0.4) is 0 Å². The molecule has 3 heteroatoms. The van der Waals surface area contributed by atoms with Gasteiger partial charge in [-0.3, -0.25) is 0 Å². The molecule has 16 heavy (non-hydrogen) atoms. The third-order valence-corrected chi connectivity index (χ3v) is 4.18. The molecule has 3 rings (SSSR count). The monoisotopic (exact) mass is 281 g/mol. The van der Waals surface area contributed by atoms with Crippen LogP contribution in [0.2, 0.25) is 0 Å². The molecule has 0 radical (unpaired) electrons. The van der Waals surface area contributed by atoms with Crippen molar-refractivity contribution in [3.63, 3.8) is 0 Å². The van der Waals surface area contributed by atoms with Crippen LogP contribution in [-0.2, 0) is 12.8 Å².